The van der Waals surface area contributed by atoms with Gasteiger partial charge in [0.1, 0.15) is 5.56 Å². The third kappa shape index (κ3) is 4.08. The molecule has 0 unspecified atom stereocenters. The minimum Gasteiger partial charge on any atom is -0.462 e. The Bertz CT molecular complexity index is 877. The van der Waals surface area contributed by atoms with E-state index in [0.717, 1.165) is 6.42 Å². The first kappa shape index (κ1) is 18.7. The molecule has 0 saturated carbocycles. The number of H-pyrrole nitrogens is 1. The fourth-order valence-corrected chi connectivity index (χ4v) is 2.76. The summed E-state index contributed by atoms with van der Waals surface area (Å²) >= 11 is 5.17. The number of carbonyl (C=O) groups is 1. The van der Waals surface area contributed by atoms with Gasteiger partial charge in [-0.05, 0) is 32.5 Å². The average molecular weight is 361 g/mol. The van der Waals surface area contributed by atoms with Gasteiger partial charge in [-0.25, -0.2) is 9.78 Å². The number of nitrogens with one attached hydrogen (secondary N) is 1. The number of aryl methyl sites for hydroxylation is 2. The third-order valence-corrected chi connectivity index (χ3v) is 3.86. The van der Waals surface area contributed by atoms with Crippen molar-refractivity contribution in [3.05, 3.63) is 49.9 Å². The summed E-state index contributed by atoms with van der Waals surface area (Å²) in [5.41, 5.74) is 2.15. The van der Waals surface area contributed by atoms with Crippen molar-refractivity contribution < 1.29 is 14.5 Å². The molecule has 1 aromatic carbocycles. The number of ether oxygens (including phenoxy) is 1. The maximum atomic E-state index is 12.5. The molecule has 0 bridgehead atoms. The zero-order valence-electron chi connectivity index (χ0n) is 14.3. The summed E-state index contributed by atoms with van der Waals surface area (Å²) in [4.78, 5) is 30.5. The summed E-state index contributed by atoms with van der Waals surface area (Å²) in [6, 6.07) is 4.73. The van der Waals surface area contributed by atoms with Gasteiger partial charge in [0.15, 0.2) is 4.77 Å². The maximum Gasteiger partial charge on any atom is 0.342 e. The molecule has 0 aliphatic rings. The van der Waals surface area contributed by atoms with E-state index in [4.69, 9.17) is 17.0 Å². The molecule has 7 nitrogen and oxygen atoms in total. The summed E-state index contributed by atoms with van der Waals surface area (Å²) in [5, 5.41) is 11.2. The van der Waals surface area contributed by atoms with Crippen molar-refractivity contribution >= 4 is 23.9 Å². The minimum atomic E-state index is -0.525. The summed E-state index contributed by atoms with van der Waals surface area (Å²) in [7, 11) is 0. The lowest BCUT2D eigenvalue weighted by molar-refractivity contribution is -0.385. The highest BCUT2D eigenvalue weighted by molar-refractivity contribution is 7.71. The van der Waals surface area contributed by atoms with Gasteiger partial charge in [0.25, 0.3) is 5.69 Å². The van der Waals surface area contributed by atoms with Gasteiger partial charge in [0.05, 0.1) is 17.2 Å². The van der Waals surface area contributed by atoms with Crippen LogP contribution in [0.15, 0.2) is 18.2 Å². The van der Waals surface area contributed by atoms with Crippen LogP contribution in [0.5, 0.6) is 0 Å². The highest BCUT2D eigenvalue weighted by Gasteiger charge is 2.22. The van der Waals surface area contributed by atoms with Crippen LogP contribution < -0.4 is 0 Å². The van der Waals surface area contributed by atoms with Gasteiger partial charge in [0, 0.05) is 22.9 Å². The number of benzene rings is 1. The van der Waals surface area contributed by atoms with Crippen LogP contribution in [0.25, 0.3) is 11.3 Å². The summed E-state index contributed by atoms with van der Waals surface area (Å²) in [6.07, 6.45) is 1.37. The molecule has 2 rings (SSSR count). The average Bonchev–Trinajstić information content (AvgIpc) is 2.55. The Kier molecular flexibility index (Phi) is 5.97. The number of aromatic nitrogens is 2. The van der Waals surface area contributed by atoms with Gasteiger partial charge in [-0.2, -0.15) is 0 Å². The molecule has 0 amide bonds. The molecule has 8 heteroatoms. The Morgan fingerprint density at radius 2 is 2.12 bits per heavy atom. The smallest absolute Gasteiger partial charge is 0.342 e. The lowest BCUT2D eigenvalue weighted by Crippen LogP contribution is -2.13. The van der Waals surface area contributed by atoms with Gasteiger partial charge in [-0.3, -0.25) is 10.1 Å². The highest BCUT2D eigenvalue weighted by Crippen LogP contribution is 2.29. The predicted molar refractivity (Wildman–Crippen MR) is 96.2 cm³/mol. The fraction of sp³-hybridized carbons (Fsp3) is 0.353. The van der Waals surface area contributed by atoms with Crippen molar-refractivity contribution in [3.63, 3.8) is 0 Å². The molecule has 0 aliphatic heterocycles. The number of rotatable bonds is 6. The molecule has 25 heavy (non-hydrogen) atoms. The van der Waals surface area contributed by atoms with Gasteiger partial charge in [-0.1, -0.05) is 25.5 Å². The van der Waals surface area contributed by atoms with E-state index in [-0.39, 0.29) is 22.6 Å². The number of esters is 1. The second kappa shape index (κ2) is 7.98. The van der Waals surface area contributed by atoms with E-state index in [1.807, 2.05) is 6.92 Å². The summed E-state index contributed by atoms with van der Waals surface area (Å²) in [6.45, 7) is 5.56. The molecule has 0 radical (unpaired) electrons. The predicted octanol–water partition coefficient (Wildman–Crippen LogP) is 4.15. The zero-order valence-corrected chi connectivity index (χ0v) is 15.1. The number of nitrogens with zero attached hydrogens (tertiary/aromatic N) is 2. The molecule has 0 fully saturated rings. The van der Waals surface area contributed by atoms with Crippen molar-refractivity contribution in [1.82, 2.24) is 9.97 Å². The van der Waals surface area contributed by atoms with Crippen LogP contribution in [0.2, 0.25) is 0 Å². The minimum absolute atomic E-state index is 0.0371. The van der Waals surface area contributed by atoms with E-state index >= 15 is 0 Å². The topological polar surface area (TPSA) is 98.1 Å². The van der Waals surface area contributed by atoms with Crippen molar-refractivity contribution in [1.29, 1.82) is 0 Å². The first-order chi connectivity index (χ1) is 11.9. The SMILES string of the molecule is CCCc1[nH]c(=S)nc(-c2ccc(C)c([N+](=O)[O-])c2)c1C(=O)OCC. The first-order valence-electron chi connectivity index (χ1n) is 7.94. The van der Waals surface area contributed by atoms with Crippen molar-refractivity contribution in [2.75, 3.05) is 6.61 Å². The molecule has 132 valence electrons. The Hall–Kier alpha value is -2.61. The standard InChI is InChI=1S/C17H19N3O4S/c1-4-6-12-14(16(21)24-5-2)15(19-17(25)18-12)11-8-7-10(3)13(9-11)20(22)23/h7-9H,4-6H2,1-3H3,(H,18,19,25). The summed E-state index contributed by atoms with van der Waals surface area (Å²) < 4.78 is 5.37. The molecule has 1 aromatic heterocycles. The Balaban J connectivity index is 2.75. The van der Waals surface area contributed by atoms with E-state index in [1.165, 1.54) is 6.07 Å². The van der Waals surface area contributed by atoms with Crippen LogP contribution in [0, 0.1) is 21.8 Å². The molecule has 0 atom stereocenters. The van der Waals surface area contributed by atoms with Gasteiger partial charge < -0.3 is 9.72 Å². The molecular weight excluding hydrogens is 342 g/mol. The molecule has 2 aromatic rings. The number of carbonyl (C=O) groups excluding carboxylic acids is 1. The van der Waals surface area contributed by atoms with E-state index in [9.17, 15) is 14.9 Å². The fourth-order valence-electron chi connectivity index (χ4n) is 2.54. The number of nitro benzene ring substituents is 1. The highest BCUT2D eigenvalue weighted by atomic mass is 32.1. The largest absolute Gasteiger partial charge is 0.462 e. The van der Waals surface area contributed by atoms with E-state index in [0.29, 0.717) is 28.9 Å². The van der Waals surface area contributed by atoms with Crippen LogP contribution in [0.1, 0.15) is 41.9 Å². The number of nitro groups is 1. The number of hydrogen-bond donors (Lipinski definition) is 1. The molecule has 0 saturated heterocycles. The van der Waals surface area contributed by atoms with Crippen molar-refractivity contribution in [2.45, 2.75) is 33.6 Å². The quantitative estimate of drug-likeness (QED) is 0.359. The van der Waals surface area contributed by atoms with Crippen LogP contribution in [-0.2, 0) is 11.2 Å². The normalized spacial score (nSPS) is 10.5. The second-order valence-corrected chi connectivity index (χ2v) is 5.86. The Morgan fingerprint density at radius 3 is 2.72 bits per heavy atom. The zero-order chi connectivity index (χ0) is 18.6. The molecule has 1 heterocycles. The van der Waals surface area contributed by atoms with E-state index in [2.05, 4.69) is 9.97 Å². The van der Waals surface area contributed by atoms with E-state index in [1.54, 1.807) is 26.0 Å². The second-order valence-electron chi connectivity index (χ2n) is 5.47. The Morgan fingerprint density at radius 1 is 1.40 bits per heavy atom. The number of aromatic amines is 1. The molecule has 0 spiro atoms. The molecule has 1 N–H and O–H groups in total. The lowest BCUT2D eigenvalue weighted by Gasteiger charge is -2.13. The van der Waals surface area contributed by atoms with Crippen molar-refractivity contribution in [2.24, 2.45) is 0 Å². The van der Waals surface area contributed by atoms with E-state index < -0.39 is 10.9 Å². The number of hydrogen-bond acceptors (Lipinski definition) is 6. The molecular formula is C17H19N3O4S. The van der Waals surface area contributed by atoms with Gasteiger partial charge >= 0.3 is 5.97 Å². The lowest BCUT2D eigenvalue weighted by atomic mass is 10.0. The van der Waals surface area contributed by atoms with Gasteiger partial charge in [-0.15, -0.1) is 0 Å². The van der Waals surface area contributed by atoms with Crippen LogP contribution in [0.4, 0.5) is 5.69 Å². The van der Waals surface area contributed by atoms with Crippen LogP contribution in [-0.4, -0.2) is 27.5 Å². The first-order valence-corrected chi connectivity index (χ1v) is 8.35. The monoisotopic (exact) mass is 361 g/mol. The molecule has 0 aliphatic carbocycles. The van der Waals surface area contributed by atoms with Gasteiger partial charge in [0.2, 0.25) is 0 Å². The Labute approximate surface area is 150 Å². The maximum absolute atomic E-state index is 12.5. The van der Waals surface area contributed by atoms with Crippen LogP contribution in [0.3, 0.4) is 0 Å². The van der Waals surface area contributed by atoms with Crippen molar-refractivity contribution in [3.8, 4) is 11.3 Å². The summed E-state index contributed by atoms with van der Waals surface area (Å²) in [5.74, 6) is -0.525. The van der Waals surface area contributed by atoms with Crippen LogP contribution >= 0.6 is 12.2 Å². The third-order valence-electron chi connectivity index (χ3n) is 3.67.